The van der Waals surface area contributed by atoms with Gasteiger partial charge in [-0.25, -0.2) is 0 Å². The second-order valence-electron chi connectivity index (χ2n) is 5.19. The molecule has 118 valence electrons. The molecule has 8 heteroatoms. The van der Waals surface area contributed by atoms with Gasteiger partial charge >= 0.3 is 0 Å². The Kier molecular flexibility index (Phi) is 9.13. The van der Waals surface area contributed by atoms with Crippen LogP contribution in [-0.4, -0.2) is 27.4 Å². The third kappa shape index (κ3) is 5.68. The van der Waals surface area contributed by atoms with Crippen LogP contribution in [0, 0.1) is 5.21 Å². The third-order valence-corrected chi connectivity index (χ3v) is 2.50. The number of aromatic hydroxyl groups is 1. The van der Waals surface area contributed by atoms with Gasteiger partial charge in [0.25, 0.3) is 5.69 Å². The molecule has 0 saturated heterocycles. The summed E-state index contributed by atoms with van der Waals surface area (Å²) < 4.78 is 0.365. The first-order valence-corrected chi connectivity index (χ1v) is 5.74. The van der Waals surface area contributed by atoms with Crippen LogP contribution in [0.15, 0.2) is 12.1 Å². The average Bonchev–Trinajstić information content (AvgIpc) is 2.26. The highest BCUT2D eigenvalue weighted by molar-refractivity contribution is 5.85. The number of hydrogen-bond donors (Lipinski definition) is 4. The standard InChI is InChI=1S/C12H20N2O4.2ClH/c1-12(2,3)13-6-11(17)8-4-5-10(16)9(7-15)14(8)18;;/h4-5,11,13,15-17H,6-7H2,1-3H3;2*1H. The fourth-order valence-corrected chi connectivity index (χ4v) is 1.49. The van der Waals surface area contributed by atoms with Crippen molar-refractivity contribution in [3.8, 4) is 5.75 Å². The Morgan fingerprint density at radius 2 is 1.85 bits per heavy atom. The van der Waals surface area contributed by atoms with E-state index < -0.39 is 12.7 Å². The molecule has 4 N–H and O–H groups in total. The zero-order chi connectivity index (χ0) is 13.9. The van der Waals surface area contributed by atoms with Crippen molar-refractivity contribution >= 4 is 24.8 Å². The predicted molar refractivity (Wildman–Crippen MR) is 80.2 cm³/mol. The molecule has 0 fully saturated rings. The van der Waals surface area contributed by atoms with E-state index in [4.69, 9.17) is 5.11 Å². The molecule has 1 heterocycles. The summed E-state index contributed by atoms with van der Waals surface area (Å²) >= 11 is 0. The second-order valence-corrected chi connectivity index (χ2v) is 5.19. The number of halogens is 2. The maximum atomic E-state index is 11.8. The van der Waals surface area contributed by atoms with Crippen molar-refractivity contribution in [3.05, 3.63) is 28.7 Å². The largest absolute Gasteiger partial charge is 0.618 e. The second kappa shape index (κ2) is 8.49. The van der Waals surface area contributed by atoms with Crippen molar-refractivity contribution in [1.82, 2.24) is 5.32 Å². The van der Waals surface area contributed by atoms with Gasteiger partial charge < -0.3 is 25.8 Å². The Morgan fingerprint density at radius 1 is 1.30 bits per heavy atom. The van der Waals surface area contributed by atoms with Crippen molar-refractivity contribution in [3.63, 3.8) is 0 Å². The lowest BCUT2D eigenvalue weighted by Gasteiger charge is -2.22. The zero-order valence-corrected chi connectivity index (χ0v) is 13.3. The van der Waals surface area contributed by atoms with Crippen LogP contribution in [0.4, 0.5) is 0 Å². The molecule has 1 aromatic rings. The van der Waals surface area contributed by atoms with Crippen molar-refractivity contribution in [1.29, 1.82) is 0 Å². The van der Waals surface area contributed by atoms with E-state index in [9.17, 15) is 15.4 Å². The van der Waals surface area contributed by atoms with Gasteiger partial charge in [-0.2, -0.15) is 4.73 Å². The van der Waals surface area contributed by atoms with Crippen molar-refractivity contribution in [2.75, 3.05) is 6.54 Å². The Bertz CT molecular complexity index is 425. The molecule has 20 heavy (non-hydrogen) atoms. The third-order valence-electron chi connectivity index (χ3n) is 2.50. The van der Waals surface area contributed by atoms with Gasteiger partial charge in [0.05, 0.1) is 0 Å². The first kappa shape index (κ1) is 21.5. The van der Waals surface area contributed by atoms with E-state index in [2.05, 4.69) is 5.32 Å². The minimum Gasteiger partial charge on any atom is -0.618 e. The summed E-state index contributed by atoms with van der Waals surface area (Å²) in [7, 11) is 0. The monoisotopic (exact) mass is 328 g/mol. The molecule has 0 aliphatic rings. The molecular weight excluding hydrogens is 307 g/mol. The molecule has 1 atom stereocenters. The molecule has 0 bridgehead atoms. The van der Waals surface area contributed by atoms with E-state index in [0.717, 1.165) is 0 Å². The highest BCUT2D eigenvalue weighted by Gasteiger charge is 2.23. The zero-order valence-electron chi connectivity index (χ0n) is 11.7. The highest BCUT2D eigenvalue weighted by Crippen LogP contribution is 2.17. The van der Waals surface area contributed by atoms with Gasteiger partial charge in [0.1, 0.15) is 6.61 Å². The molecule has 1 aromatic heterocycles. The van der Waals surface area contributed by atoms with Gasteiger partial charge in [-0.15, -0.1) is 24.8 Å². The topological polar surface area (TPSA) is 99.7 Å². The summed E-state index contributed by atoms with van der Waals surface area (Å²) in [6, 6.07) is 2.63. The SMILES string of the molecule is CC(C)(C)NCC(O)c1ccc(O)c(CO)[n+]1[O-].Cl.Cl. The average molecular weight is 329 g/mol. The quantitative estimate of drug-likeness (QED) is 0.483. The molecule has 1 unspecified atom stereocenters. The van der Waals surface area contributed by atoms with E-state index in [0.29, 0.717) is 4.73 Å². The molecule has 6 nitrogen and oxygen atoms in total. The van der Waals surface area contributed by atoms with Crippen LogP contribution in [0.3, 0.4) is 0 Å². The van der Waals surface area contributed by atoms with Gasteiger partial charge in [0, 0.05) is 18.2 Å². The molecule has 0 spiro atoms. The van der Waals surface area contributed by atoms with Crippen molar-refractivity contribution in [2.24, 2.45) is 0 Å². The number of pyridine rings is 1. The lowest BCUT2D eigenvalue weighted by molar-refractivity contribution is -0.629. The van der Waals surface area contributed by atoms with Gasteiger partial charge in [-0.05, 0) is 26.8 Å². The smallest absolute Gasteiger partial charge is 0.260 e. The summed E-state index contributed by atoms with van der Waals surface area (Å²) in [6.45, 7) is 5.47. The van der Waals surface area contributed by atoms with Crippen molar-refractivity contribution in [2.45, 2.75) is 39.0 Å². The summed E-state index contributed by atoms with van der Waals surface area (Å²) in [6.07, 6.45) is -1.01. The Hall–Kier alpha value is -0.790. The van der Waals surface area contributed by atoms with Gasteiger partial charge in [-0.3, -0.25) is 0 Å². The van der Waals surface area contributed by atoms with Crippen LogP contribution in [0.2, 0.25) is 0 Å². The predicted octanol–water partition coefficient (Wildman–Crippen LogP) is 0.783. The number of aromatic nitrogens is 1. The van der Waals surface area contributed by atoms with Crippen LogP contribution in [0.5, 0.6) is 5.75 Å². The molecule has 1 rings (SSSR count). The van der Waals surface area contributed by atoms with Gasteiger partial charge in [0.15, 0.2) is 11.9 Å². The van der Waals surface area contributed by atoms with Crippen LogP contribution in [0.25, 0.3) is 0 Å². The maximum absolute atomic E-state index is 11.8. The molecule has 0 saturated carbocycles. The summed E-state index contributed by atoms with van der Waals surface area (Å²) in [5.41, 5.74) is -0.248. The lowest BCUT2D eigenvalue weighted by atomic mass is 10.1. The minimum atomic E-state index is -1.01. The van der Waals surface area contributed by atoms with Crippen LogP contribution >= 0.6 is 24.8 Å². The number of nitrogens with one attached hydrogen (secondary N) is 1. The molecular formula is C12H22Cl2N2O4. The first-order valence-electron chi connectivity index (χ1n) is 5.74. The number of aliphatic hydroxyl groups excluding tert-OH is 2. The minimum absolute atomic E-state index is 0. The number of aliphatic hydroxyl groups is 2. The molecule has 0 aromatic carbocycles. The Balaban J connectivity index is 0. The van der Waals surface area contributed by atoms with E-state index in [1.54, 1.807) is 0 Å². The maximum Gasteiger partial charge on any atom is 0.260 e. The number of hydrogen-bond acceptors (Lipinski definition) is 5. The Morgan fingerprint density at radius 3 is 2.30 bits per heavy atom. The van der Waals surface area contributed by atoms with E-state index in [-0.39, 0.29) is 54.0 Å². The normalized spacial score (nSPS) is 12.2. The van der Waals surface area contributed by atoms with Crippen LogP contribution < -0.4 is 10.0 Å². The fourth-order valence-electron chi connectivity index (χ4n) is 1.49. The molecule has 0 amide bonds. The fraction of sp³-hybridized carbons (Fsp3) is 0.583. The first-order chi connectivity index (χ1) is 8.26. The van der Waals surface area contributed by atoms with Gasteiger partial charge in [-0.1, -0.05) is 0 Å². The number of β-amino-alcohol motifs (C(OH)–C–C–N with tert-alkyl or cyclic N) is 1. The molecule has 0 radical (unpaired) electrons. The van der Waals surface area contributed by atoms with E-state index in [1.807, 2.05) is 20.8 Å². The van der Waals surface area contributed by atoms with E-state index >= 15 is 0 Å². The Labute approximate surface area is 130 Å². The highest BCUT2D eigenvalue weighted by atomic mass is 35.5. The summed E-state index contributed by atoms with van der Waals surface area (Å²) in [5.74, 6) is -0.285. The van der Waals surface area contributed by atoms with Crippen LogP contribution in [0.1, 0.15) is 38.3 Å². The van der Waals surface area contributed by atoms with Gasteiger partial charge in [0.2, 0.25) is 5.69 Å². The number of nitrogens with zero attached hydrogens (tertiary/aromatic N) is 1. The van der Waals surface area contributed by atoms with Crippen LogP contribution in [-0.2, 0) is 6.61 Å². The molecule has 0 aliphatic carbocycles. The lowest BCUT2D eigenvalue weighted by Crippen LogP contribution is -2.43. The van der Waals surface area contributed by atoms with Crippen molar-refractivity contribution < 1.29 is 20.0 Å². The molecule has 0 aliphatic heterocycles. The number of rotatable bonds is 4. The van der Waals surface area contributed by atoms with E-state index in [1.165, 1.54) is 12.1 Å². The summed E-state index contributed by atoms with van der Waals surface area (Å²) in [4.78, 5) is 0. The summed E-state index contributed by atoms with van der Waals surface area (Å²) in [5, 5.41) is 43.2.